The van der Waals surface area contributed by atoms with Crippen molar-refractivity contribution in [2.75, 3.05) is 13.1 Å². The summed E-state index contributed by atoms with van der Waals surface area (Å²) in [6.45, 7) is 3.77. The summed E-state index contributed by atoms with van der Waals surface area (Å²) in [7, 11) is 0. The largest absolute Gasteiger partial charge is 0.357 e. The van der Waals surface area contributed by atoms with E-state index in [1.165, 1.54) is 6.42 Å². The lowest BCUT2D eigenvalue weighted by atomic mass is 10.1. The first-order valence-corrected chi connectivity index (χ1v) is 7.14. The van der Waals surface area contributed by atoms with Crippen LogP contribution in [0.5, 0.6) is 0 Å². The molecule has 0 saturated carbocycles. The van der Waals surface area contributed by atoms with Crippen LogP contribution in [0.4, 0.5) is 0 Å². The summed E-state index contributed by atoms with van der Waals surface area (Å²) in [6.07, 6.45) is 8.99. The Labute approximate surface area is 118 Å². The normalized spacial score (nSPS) is 15.3. The third-order valence-corrected chi connectivity index (χ3v) is 3.76. The molecule has 1 aliphatic rings. The molecule has 0 aliphatic carbocycles. The highest BCUT2D eigenvalue weighted by atomic mass is 16.2. The van der Waals surface area contributed by atoms with E-state index in [1.54, 1.807) is 0 Å². The van der Waals surface area contributed by atoms with E-state index in [4.69, 9.17) is 0 Å². The number of carbonyl (C=O) groups is 1. The van der Waals surface area contributed by atoms with Gasteiger partial charge < -0.3 is 9.88 Å². The van der Waals surface area contributed by atoms with Gasteiger partial charge in [-0.3, -0.25) is 9.78 Å². The second kappa shape index (κ2) is 5.49. The van der Waals surface area contributed by atoms with E-state index in [0.717, 1.165) is 42.6 Å². The van der Waals surface area contributed by atoms with E-state index in [0.29, 0.717) is 5.69 Å². The van der Waals surface area contributed by atoms with Gasteiger partial charge in [0.15, 0.2) is 0 Å². The van der Waals surface area contributed by atoms with Crippen LogP contribution in [0, 0.1) is 6.92 Å². The number of pyridine rings is 1. The average molecular weight is 269 g/mol. The second-order valence-electron chi connectivity index (χ2n) is 5.41. The van der Waals surface area contributed by atoms with Crippen LogP contribution in [0.2, 0.25) is 0 Å². The fraction of sp³-hybridized carbons (Fsp3) is 0.375. The van der Waals surface area contributed by atoms with Gasteiger partial charge in [-0.15, -0.1) is 0 Å². The molecule has 104 valence electrons. The Hall–Kier alpha value is -2.10. The molecule has 1 N–H and O–H groups in total. The maximum Gasteiger partial charge on any atom is 0.270 e. The Bertz CT molecular complexity index is 612. The highest BCUT2D eigenvalue weighted by Crippen LogP contribution is 2.21. The van der Waals surface area contributed by atoms with Gasteiger partial charge in [0.25, 0.3) is 5.91 Å². The predicted molar refractivity (Wildman–Crippen MR) is 78.5 cm³/mol. The third-order valence-electron chi connectivity index (χ3n) is 3.76. The lowest BCUT2D eigenvalue weighted by Crippen LogP contribution is -2.35. The maximum absolute atomic E-state index is 12.4. The molecule has 2 aromatic heterocycles. The molecule has 4 heteroatoms. The quantitative estimate of drug-likeness (QED) is 0.911. The molecule has 1 aliphatic heterocycles. The van der Waals surface area contributed by atoms with E-state index in [1.807, 2.05) is 36.5 Å². The Morgan fingerprint density at radius 2 is 1.95 bits per heavy atom. The third kappa shape index (κ3) is 2.59. The number of nitrogens with zero attached hydrogens (tertiary/aromatic N) is 2. The molecule has 1 fully saturated rings. The lowest BCUT2D eigenvalue weighted by molar-refractivity contribution is 0.0719. The van der Waals surface area contributed by atoms with Gasteiger partial charge in [0.1, 0.15) is 5.69 Å². The van der Waals surface area contributed by atoms with Crippen molar-refractivity contribution >= 4 is 5.91 Å². The minimum atomic E-state index is 0.108. The Morgan fingerprint density at radius 3 is 2.70 bits per heavy atom. The predicted octanol–water partition coefficient (Wildman–Crippen LogP) is 3.01. The van der Waals surface area contributed by atoms with Crippen LogP contribution >= 0.6 is 0 Å². The Morgan fingerprint density at radius 1 is 1.15 bits per heavy atom. The van der Waals surface area contributed by atoms with E-state index < -0.39 is 0 Å². The van der Waals surface area contributed by atoms with Gasteiger partial charge in [-0.25, -0.2) is 0 Å². The van der Waals surface area contributed by atoms with Crippen molar-refractivity contribution in [2.24, 2.45) is 0 Å². The van der Waals surface area contributed by atoms with E-state index in [9.17, 15) is 4.79 Å². The van der Waals surface area contributed by atoms with Gasteiger partial charge in [0.2, 0.25) is 0 Å². The number of aryl methyl sites for hydroxylation is 1. The van der Waals surface area contributed by atoms with Crippen LogP contribution in [0.1, 0.15) is 35.3 Å². The number of nitrogens with one attached hydrogen (secondary N) is 1. The van der Waals surface area contributed by atoms with Gasteiger partial charge in [0, 0.05) is 42.8 Å². The first-order chi connectivity index (χ1) is 9.74. The SMILES string of the molecule is Cc1cncc(-c2c[nH]c(C(=O)N3CCCCC3)c2)c1. The molecule has 20 heavy (non-hydrogen) atoms. The molecular formula is C16H19N3O. The molecule has 0 radical (unpaired) electrons. The van der Waals surface area contributed by atoms with Crippen LogP contribution in [-0.4, -0.2) is 33.9 Å². The van der Waals surface area contributed by atoms with E-state index in [2.05, 4.69) is 16.0 Å². The van der Waals surface area contributed by atoms with Crippen LogP contribution in [0.15, 0.2) is 30.7 Å². The first kappa shape index (κ1) is 12.9. The summed E-state index contributed by atoms with van der Waals surface area (Å²) in [4.78, 5) is 21.6. The minimum absolute atomic E-state index is 0.108. The van der Waals surface area contributed by atoms with Crippen LogP contribution in [0.25, 0.3) is 11.1 Å². The molecule has 0 atom stereocenters. The first-order valence-electron chi connectivity index (χ1n) is 7.14. The summed E-state index contributed by atoms with van der Waals surface area (Å²) < 4.78 is 0. The summed E-state index contributed by atoms with van der Waals surface area (Å²) in [6, 6.07) is 4.00. The number of likely N-dealkylation sites (tertiary alicyclic amines) is 1. The Kier molecular flexibility index (Phi) is 3.54. The van der Waals surface area contributed by atoms with Gasteiger partial charge in [-0.05, 0) is 43.9 Å². The van der Waals surface area contributed by atoms with Gasteiger partial charge in [0.05, 0.1) is 0 Å². The summed E-state index contributed by atoms with van der Waals surface area (Å²) in [5, 5.41) is 0. The van der Waals surface area contributed by atoms with Gasteiger partial charge in [-0.2, -0.15) is 0 Å². The molecule has 0 bridgehead atoms. The maximum atomic E-state index is 12.4. The van der Waals surface area contributed by atoms with Crippen molar-refractivity contribution in [1.29, 1.82) is 0 Å². The van der Waals surface area contributed by atoms with Crippen molar-refractivity contribution in [3.8, 4) is 11.1 Å². The zero-order chi connectivity index (χ0) is 13.9. The fourth-order valence-electron chi connectivity index (χ4n) is 2.66. The number of piperidine rings is 1. The smallest absolute Gasteiger partial charge is 0.270 e. The molecule has 4 nitrogen and oxygen atoms in total. The molecule has 0 spiro atoms. The van der Waals surface area contributed by atoms with Gasteiger partial charge >= 0.3 is 0 Å². The average Bonchev–Trinajstić information content (AvgIpc) is 2.97. The highest BCUT2D eigenvalue weighted by Gasteiger charge is 2.19. The van der Waals surface area contributed by atoms with Crippen molar-refractivity contribution in [3.05, 3.63) is 42.0 Å². The molecule has 0 unspecified atom stereocenters. The molecular weight excluding hydrogens is 250 g/mol. The number of carbonyl (C=O) groups excluding carboxylic acids is 1. The van der Waals surface area contributed by atoms with Crippen LogP contribution in [-0.2, 0) is 0 Å². The lowest BCUT2D eigenvalue weighted by Gasteiger charge is -2.26. The molecule has 1 saturated heterocycles. The van der Waals surface area contributed by atoms with Crippen LogP contribution in [0.3, 0.4) is 0 Å². The fourth-order valence-corrected chi connectivity index (χ4v) is 2.66. The van der Waals surface area contributed by atoms with Crippen molar-refractivity contribution in [2.45, 2.75) is 26.2 Å². The van der Waals surface area contributed by atoms with E-state index >= 15 is 0 Å². The number of aromatic amines is 1. The topological polar surface area (TPSA) is 49.0 Å². The highest BCUT2D eigenvalue weighted by molar-refractivity contribution is 5.94. The number of hydrogen-bond donors (Lipinski definition) is 1. The van der Waals surface area contributed by atoms with Crippen molar-refractivity contribution in [1.82, 2.24) is 14.9 Å². The molecule has 1 amide bonds. The number of rotatable bonds is 2. The zero-order valence-electron chi connectivity index (χ0n) is 11.7. The van der Waals surface area contributed by atoms with Crippen molar-refractivity contribution < 1.29 is 4.79 Å². The number of amides is 1. The van der Waals surface area contributed by atoms with Crippen LogP contribution < -0.4 is 0 Å². The second-order valence-corrected chi connectivity index (χ2v) is 5.41. The summed E-state index contributed by atoms with van der Waals surface area (Å²) >= 11 is 0. The molecule has 3 rings (SSSR count). The number of aromatic nitrogens is 2. The molecule has 3 heterocycles. The number of hydrogen-bond acceptors (Lipinski definition) is 2. The van der Waals surface area contributed by atoms with Gasteiger partial charge in [-0.1, -0.05) is 0 Å². The monoisotopic (exact) mass is 269 g/mol. The summed E-state index contributed by atoms with van der Waals surface area (Å²) in [5.41, 5.74) is 3.84. The zero-order valence-corrected chi connectivity index (χ0v) is 11.7. The summed E-state index contributed by atoms with van der Waals surface area (Å²) in [5.74, 6) is 0.108. The standard InChI is InChI=1S/C16H19N3O/c1-12-7-13(10-17-9-12)14-8-15(18-11-14)16(20)19-5-3-2-4-6-19/h7-11,18H,2-6H2,1H3. The van der Waals surface area contributed by atoms with E-state index in [-0.39, 0.29) is 5.91 Å². The molecule has 0 aromatic carbocycles. The minimum Gasteiger partial charge on any atom is -0.357 e. The Balaban J connectivity index is 1.81. The van der Waals surface area contributed by atoms with Crippen molar-refractivity contribution in [3.63, 3.8) is 0 Å². The molecule has 2 aromatic rings. The number of H-pyrrole nitrogens is 1.